The lowest BCUT2D eigenvalue weighted by Crippen LogP contribution is -2.55. The van der Waals surface area contributed by atoms with E-state index in [2.05, 4.69) is 4.74 Å². The molecule has 0 fully saturated rings. The molecule has 0 spiro atoms. The van der Waals surface area contributed by atoms with E-state index in [1.165, 1.54) is 0 Å². The number of carbonyl (C=O) groups is 2. The van der Waals surface area contributed by atoms with Crippen LogP contribution in [0.15, 0.2) is 0 Å². The van der Waals surface area contributed by atoms with Gasteiger partial charge in [0.2, 0.25) is 0 Å². The fourth-order valence-corrected chi connectivity index (χ4v) is 1.58. The Hall–Kier alpha value is -1.22. The average molecular weight is 358 g/mol. The van der Waals surface area contributed by atoms with Gasteiger partial charge in [0.25, 0.3) is 0 Å². The number of Topliss-reactive ketones (excluding diaryl/α,β-unsaturated/α-hetero) is 1. The molecule has 0 aromatic rings. The maximum Gasteiger partial charge on any atom is 0.338 e. The minimum Gasteiger partial charge on any atom is -0.461 e. The molecule has 0 bridgehead atoms. The molecule has 0 aliphatic heterocycles. The summed E-state index contributed by atoms with van der Waals surface area (Å²) < 4.78 is 4.25. The molecule has 0 amide bonds. The van der Waals surface area contributed by atoms with Gasteiger partial charge in [-0.15, -0.1) is 0 Å². The number of ether oxygens (including phenoxy) is 1. The van der Waals surface area contributed by atoms with Crippen LogP contribution in [0, 0.1) is 0 Å². The van der Waals surface area contributed by atoms with Crippen molar-refractivity contribution in [3.8, 4) is 0 Å². The summed E-state index contributed by atoms with van der Waals surface area (Å²) in [6.45, 7) is -2.10. The molecule has 12 nitrogen and oxygen atoms in total. The highest BCUT2D eigenvalue weighted by Crippen LogP contribution is 2.12. The number of carbonyl (C=O) groups excluding carboxylic acids is 2. The molecule has 0 aromatic carbocycles. The van der Waals surface area contributed by atoms with Gasteiger partial charge in [-0.1, -0.05) is 0 Å². The van der Waals surface area contributed by atoms with Crippen LogP contribution in [-0.4, -0.2) is 120 Å². The van der Waals surface area contributed by atoms with Crippen LogP contribution in [0.1, 0.15) is 0 Å². The zero-order valence-corrected chi connectivity index (χ0v) is 12.4. The van der Waals surface area contributed by atoms with Crippen LogP contribution in [0.25, 0.3) is 0 Å². The summed E-state index contributed by atoms with van der Waals surface area (Å²) in [5.41, 5.74) is 0. The van der Waals surface area contributed by atoms with Crippen molar-refractivity contribution in [3.05, 3.63) is 0 Å². The molecule has 0 radical (unpaired) electrons. The number of esters is 1. The second-order valence-corrected chi connectivity index (χ2v) is 4.85. The molecule has 0 aromatic heterocycles. The summed E-state index contributed by atoms with van der Waals surface area (Å²) in [5, 5.41) is 83.0. The molecule has 0 heterocycles. The van der Waals surface area contributed by atoms with E-state index in [1.54, 1.807) is 0 Å². The first-order valence-electron chi connectivity index (χ1n) is 6.78. The minimum atomic E-state index is -2.55. The van der Waals surface area contributed by atoms with E-state index in [9.17, 15) is 40.2 Å². The van der Waals surface area contributed by atoms with Crippen LogP contribution < -0.4 is 0 Å². The van der Waals surface area contributed by atoms with Crippen LogP contribution in [0.2, 0.25) is 0 Å². The summed E-state index contributed by atoms with van der Waals surface area (Å²) in [6.07, 6.45) is -16.2. The predicted molar refractivity (Wildman–Crippen MR) is 72.2 cm³/mol. The lowest BCUT2D eigenvalue weighted by molar-refractivity contribution is -0.173. The van der Waals surface area contributed by atoms with Crippen molar-refractivity contribution in [2.75, 3.05) is 19.8 Å². The highest BCUT2D eigenvalue weighted by Gasteiger charge is 2.42. The summed E-state index contributed by atoms with van der Waals surface area (Å²) in [4.78, 5) is 22.9. The number of hydrogen-bond donors (Lipinski definition) is 9. The van der Waals surface area contributed by atoms with Gasteiger partial charge >= 0.3 is 5.97 Å². The maximum absolute atomic E-state index is 11.7. The van der Waals surface area contributed by atoms with Gasteiger partial charge in [-0.05, 0) is 0 Å². The van der Waals surface area contributed by atoms with Gasteiger partial charge in [-0.25, -0.2) is 4.79 Å². The zero-order valence-electron chi connectivity index (χ0n) is 12.4. The first-order chi connectivity index (χ1) is 11.1. The van der Waals surface area contributed by atoms with E-state index >= 15 is 0 Å². The van der Waals surface area contributed by atoms with Gasteiger partial charge < -0.3 is 50.7 Å². The highest BCUT2D eigenvalue weighted by atomic mass is 16.6. The number of hydrogen-bond acceptors (Lipinski definition) is 12. The highest BCUT2D eigenvalue weighted by molar-refractivity contribution is 5.92. The molecule has 9 N–H and O–H groups in total. The number of rotatable bonds is 11. The Morgan fingerprint density at radius 3 is 1.75 bits per heavy atom. The SMILES string of the molecule is O=C(OCCO)C(O)C(O)C(=O)C(O)C(O)C(O)C(O)C(O)CO. The quantitative estimate of drug-likeness (QED) is 0.157. The van der Waals surface area contributed by atoms with Gasteiger partial charge in [0.1, 0.15) is 37.1 Å². The second-order valence-electron chi connectivity index (χ2n) is 4.85. The van der Waals surface area contributed by atoms with Crippen molar-refractivity contribution in [1.82, 2.24) is 0 Å². The molecule has 7 atom stereocenters. The van der Waals surface area contributed by atoms with Crippen LogP contribution in [0.3, 0.4) is 0 Å². The molecule has 0 aliphatic carbocycles. The van der Waals surface area contributed by atoms with Gasteiger partial charge in [-0.2, -0.15) is 0 Å². The fraction of sp³-hybridized carbons (Fsp3) is 0.833. The molecule has 7 unspecified atom stereocenters. The topological polar surface area (TPSA) is 225 Å². The molecule has 142 valence electrons. The van der Waals surface area contributed by atoms with E-state index in [0.29, 0.717) is 0 Å². The molecule has 0 rings (SSSR count). The predicted octanol–water partition coefficient (Wildman–Crippen LogP) is -6.39. The van der Waals surface area contributed by atoms with Crippen LogP contribution in [0.5, 0.6) is 0 Å². The zero-order chi connectivity index (χ0) is 19.0. The Labute approximate surface area is 135 Å². The lowest BCUT2D eigenvalue weighted by atomic mass is 9.94. The molecule has 0 saturated heterocycles. The third-order valence-electron chi connectivity index (χ3n) is 3.06. The van der Waals surface area contributed by atoms with Crippen molar-refractivity contribution in [1.29, 1.82) is 0 Å². The fourth-order valence-electron chi connectivity index (χ4n) is 1.58. The average Bonchev–Trinajstić information content (AvgIpc) is 2.60. The Bertz CT molecular complexity index is 401. The maximum atomic E-state index is 11.7. The van der Waals surface area contributed by atoms with Gasteiger partial charge in [0.15, 0.2) is 18.0 Å². The van der Waals surface area contributed by atoms with E-state index in [-0.39, 0.29) is 0 Å². The van der Waals surface area contributed by atoms with Crippen molar-refractivity contribution in [2.45, 2.75) is 42.7 Å². The summed E-state index contributed by atoms with van der Waals surface area (Å²) in [6, 6.07) is 0. The Morgan fingerprint density at radius 2 is 1.29 bits per heavy atom. The Balaban J connectivity index is 4.86. The Kier molecular flexibility index (Phi) is 10.1. The molecular formula is C12H22O12. The third kappa shape index (κ3) is 6.01. The Morgan fingerprint density at radius 1 is 0.750 bits per heavy atom. The van der Waals surface area contributed by atoms with E-state index in [4.69, 9.17) is 15.3 Å². The van der Waals surface area contributed by atoms with Gasteiger partial charge in [0.05, 0.1) is 13.2 Å². The molecule has 12 heteroatoms. The molecule has 0 saturated carbocycles. The lowest BCUT2D eigenvalue weighted by Gasteiger charge is -2.29. The second kappa shape index (κ2) is 10.6. The summed E-state index contributed by atoms with van der Waals surface area (Å²) in [5.74, 6) is -3.16. The smallest absolute Gasteiger partial charge is 0.338 e. The van der Waals surface area contributed by atoms with Gasteiger partial charge in [0, 0.05) is 0 Å². The third-order valence-corrected chi connectivity index (χ3v) is 3.06. The monoisotopic (exact) mass is 358 g/mol. The normalized spacial score (nSPS) is 20.4. The number of ketones is 1. The van der Waals surface area contributed by atoms with E-state index in [1.807, 2.05) is 0 Å². The summed E-state index contributed by atoms with van der Waals surface area (Å²) in [7, 11) is 0. The molecular weight excluding hydrogens is 336 g/mol. The number of aliphatic hydroxyl groups excluding tert-OH is 9. The minimum absolute atomic E-state index is 0.522. The standard InChI is InChI=1S/C12H22O12/c13-1-2-24-12(23)11(22)10(21)9(20)8(19)7(18)6(17)5(16)4(15)3-14/h4-8,10-11,13-19,21-22H,1-3H2. The molecule has 24 heavy (non-hydrogen) atoms. The van der Waals surface area contributed by atoms with Gasteiger partial charge in [-0.3, -0.25) is 4.79 Å². The van der Waals surface area contributed by atoms with Crippen LogP contribution in [0.4, 0.5) is 0 Å². The summed E-state index contributed by atoms with van der Waals surface area (Å²) >= 11 is 0. The van der Waals surface area contributed by atoms with E-state index < -0.39 is 74.3 Å². The van der Waals surface area contributed by atoms with Crippen molar-refractivity contribution in [3.63, 3.8) is 0 Å². The first-order valence-corrected chi connectivity index (χ1v) is 6.78. The number of aliphatic hydroxyl groups is 9. The van der Waals surface area contributed by atoms with Crippen molar-refractivity contribution >= 4 is 11.8 Å². The molecule has 0 aliphatic rings. The van der Waals surface area contributed by atoms with Crippen LogP contribution in [-0.2, 0) is 14.3 Å². The van der Waals surface area contributed by atoms with Crippen molar-refractivity contribution < 1.29 is 60.3 Å². The van der Waals surface area contributed by atoms with E-state index in [0.717, 1.165) is 0 Å². The largest absolute Gasteiger partial charge is 0.461 e. The van der Waals surface area contributed by atoms with Crippen molar-refractivity contribution in [2.24, 2.45) is 0 Å². The van der Waals surface area contributed by atoms with Crippen LogP contribution >= 0.6 is 0 Å². The first kappa shape index (κ1) is 22.8.